The first kappa shape index (κ1) is 12.2. The fourth-order valence-corrected chi connectivity index (χ4v) is 2.54. The molecule has 98 valence electrons. The molecule has 1 aliphatic heterocycles. The van der Waals surface area contributed by atoms with E-state index in [9.17, 15) is 4.39 Å². The van der Waals surface area contributed by atoms with Crippen molar-refractivity contribution in [1.29, 1.82) is 0 Å². The molecule has 3 heteroatoms. The number of nitrogens with one attached hydrogen (secondary N) is 1. The molecule has 2 aromatic rings. The Hall–Kier alpha value is -1.87. The molecule has 0 saturated heterocycles. The fraction of sp³-hybridized carbons (Fsp3) is 0.250. The summed E-state index contributed by atoms with van der Waals surface area (Å²) in [6, 6.07) is 12.7. The number of rotatable bonds is 3. The number of likely N-dealkylation sites (N-methyl/N-ethyl adjacent to an activating group) is 1. The standard InChI is InChI=1S/C16H16FNO/c1-18-10-14-9-12-3-2-4-15(16(12)19-14)11-5-7-13(17)8-6-11/h2-8,14,18H,9-10H2,1H3/t14-/m0/s1. The molecule has 0 fully saturated rings. The lowest BCUT2D eigenvalue weighted by atomic mass is 10.0. The first-order valence-electron chi connectivity index (χ1n) is 6.47. The minimum absolute atomic E-state index is 0.182. The predicted octanol–water partition coefficient (Wildman–Crippen LogP) is 3.02. The fourth-order valence-electron chi connectivity index (χ4n) is 2.54. The molecule has 0 aromatic heterocycles. The van der Waals surface area contributed by atoms with Gasteiger partial charge in [0.25, 0.3) is 0 Å². The van der Waals surface area contributed by atoms with Gasteiger partial charge in [-0.05, 0) is 30.3 Å². The number of benzene rings is 2. The van der Waals surface area contributed by atoms with Gasteiger partial charge in [0.05, 0.1) is 0 Å². The largest absolute Gasteiger partial charge is 0.488 e. The van der Waals surface area contributed by atoms with Crippen molar-refractivity contribution < 1.29 is 9.13 Å². The summed E-state index contributed by atoms with van der Waals surface area (Å²) in [5.74, 6) is 0.722. The number of ether oxygens (including phenoxy) is 1. The maximum Gasteiger partial charge on any atom is 0.130 e. The first-order valence-corrected chi connectivity index (χ1v) is 6.47. The third-order valence-electron chi connectivity index (χ3n) is 3.42. The topological polar surface area (TPSA) is 21.3 Å². The van der Waals surface area contributed by atoms with Crippen molar-refractivity contribution in [2.45, 2.75) is 12.5 Å². The minimum atomic E-state index is -0.217. The second-order valence-electron chi connectivity index (χ2n) is 4.80. The number of hydrogen-bond acceptors (Lipinski definition) is 2. The SMILES string of the molecule is CNC[C@@H]1Cc2cccc(-c3ccc(F)cc3)c2O1. The molecule has 0 aliphatic carbocycles. The number of hydrogen-bond donors (Lipinski definition) is 1. The van der Waals surface area contributed by atoms with E-state index in [0.717, 1.165) is 29.8 Å². The highest BCUT2D eigenvalue weighted by molar-refractivity contribution is 5.73. The van der Waals surface area contributed by atoms with E-state index in [1.54, 1.807) is 12.1 Å². The average molecular weight is 257 g/mol. The summed E-state index contributed by atoms with van der Waals surface area (Å²) in [5.41, 5.74) is 3.25. The molecule has 3 rings (SSSR count). The molecule has 0 saturated carbocycles. The van der Waals surface area contributed by atoms with Gasteiger partial charge in [-0.15, -0.1) is 0 Å². The van der Waals surface area contributed by atoms with E-state index in [4.69, 9.17) is 4.74 Å². The Morgan fingerprint density at radius 3 is 2.74 bits per heavy atom. The van der Waals surface area contributed by atoms with Crippen molar-refractivity contribution in [2.75, 3.05) is 13.6 Å². The van der Waals surface area contributed by atoms with E-state index in [1.807, 2.05) is 19.2 Å². The molecule has 0 radical (unpaired) electrons. The second-order valence-corrected chi connectivity index (χ2v) is 4.80. The second kappa shape index (κ2) is 5.02. The predicted molar refractivity (Wildman–Crippen MR) is 73.9 cm³/mol. The number of fused-ring (bicyclic) bond motifs is 1. The van der Waals surface area contributed by atoms with E-state index in [2.05, 4.69) is 11.4 Å². The highest BCUT2D eigenvalue weighted by atomic mass is 19.1. The Morgan fingerprint density at radius 1 is 1.21 bits per heavy atom. The van der Waals surface area contributed by atoms with Crippen molar-refractivity contribution in [3.05, 3.63) is 53.8 Å². The number of halogens is 1. The zero-order valence-electron chi connectivity index (χ0n) is 10.8. The zero-order chi connectivity index (χ0) is 13.2. The normalized spacial score (nSPS) is 17.1. The molecule has 0 unspecified atom stereocenters. The molecule has 0 spiro atoms. The Bertz CT molecular complexity index is 580. The Kier molecular flexibility index (Phi) is 3.22. The quantitative estimate of drug-likeness (QED) is 0.912. The monoisotopic (exact) mass is 257 g/mol. The molecule has 19 heavy (non-hydrogen) atoms. The molecule has 1 atom stereocenters. The zero-order valence-corrected chi connectivity index (χ0v) is 10.8. The summed E-state index contributed by atoms with van der Waals surface area (Å²) in [5, 5.41) is 3.14. The van der Waals surface area contributed by atoms with Gasteiger partial charge in [0.2, 0.25) is 0 Å². The van der Waals surface area contributed by atoms with Crippen molar-refractivity contribution in [2.24, 2.45) is 0 Å². The third kappa shape index (κ3) is 2.34. The molecule has 1 heterocycles. The van der Waals surface area contributed by atoms with Gasteiger partial charge in [-0.2, -0.15) is 0 Å². The van der Waals surface area contributed by atoms with Crippen LogP contribution in [0.25, 0.3) is 11.1 Å². The van der Waals surface area contributed by atoms with Crippen LogP contribution < -0.4 is 10.1 Å². The van der Waals surface area contributed by atoms with Crippen molar-refractivity contribution in [3.63, 3.8) is 0 Å². The lowest BCUT2D eigenvalue weighted by Crippen LogP contribution is -2.27. The molecule has 0 bridgehead atoms. The van der Waals surface area contributed by atoms with Gasteiger partial charge in [0.1, 0.15) is 17.7 Å². The van der Waals surface area contributed by atoms with Crippen LogP contribution in [0.2, 0.25) is 0 Å². The van der Waals surface area contributed by atoms with E-state index in [-0.39, 0.29) is 11.9 Å². The van der Waals surface area contributed by atoms with Gasteiger partial charge in [-0.1, -0.05) is 30.3 Å². The van der Waals surface area contributed by atoms with Gasteiger partial charge in [0.15, 0.2) is 0 Å². The molecule has 1 aliphatic rings. The maximum atomic E-state index is 13.0. The van der Waals surface area contributed by atoms with Crippen LogP contribution in [0.4, 0.5) is 4.39 Å². The highest BCUT2D eigenvalue weighted by Gasteiger charge is 2.24. The van der Waals surface area contributed by atoms with Gasteiger partial charge in [-0.3, -0.25) is 0 Å². The summed E-state index contributed by atoms with van der Waals surface area (Å²) >= 11 is 0. The average Bonchev–Trinajstić information content (AvgIpc) is 2.82. The van der Waals surface area contributed by atoms with Gasteiger partial charge >= 0.3 is 0 Å². The number of para-hydroxylation sites is 1. The molecule has 1 N–H and O–H groups in total. The Labute approximate surface area is 112 Å². The summed E-state index contributed by atoms with van der Waals surface area (Å²) < 4.78 is 19.0. The maximum absolute atomic E-state index is 13.0. The lowest BCUT2D eigenvalue weighted by molar-refractivity contribution is 0.232. The van der Waals surface area contributed by atoms with Crippen LogP contribution in [0.15, 0.2) is 42.5 Å². The Morgan fingerprint density at radius 2 is 2.00 bits per heavy atom. The van der Waals surface area contributed by atoms with Gasteiger partial charge in [-0.25, -0.2) is 4.39 Å². The highest BCUT2D eigenvalue weighted by Crippen LogP contribution is 2.38. The van der Waals surface area contributed by atoms with Crippen LogP contribution in [0.1, 0.15) is 5.56 Å². The first-order chi connectivity index (χ1) is 9.28. The summed E-state index contributed by atoms with van der Waals surface area (Å²) in [4.78, 5) is 0. The van der Waals surface area contributed by atoms with Crippen LogP contribution in [-0.4, -0.2) is 19.7 Å². The van der Waals surface area contributed by atoms with Gasteiger partial charge < -0.3 is 10.1 Å². The minimum Gasteiger partial charge on any atom is -0.488 e. The van der Waals surface area contributed by atoms with Crippen LogP contribution in [-0.2, 0) is 6.42 Å². The molecular formula is C16H16FNO. The third-order valence-corrected chi connectivity index (χ3v) is 3.42. The summed E-state index contributed by atoms with van der Waals surface area (Å²) in [7, 11) is 1.92. The lowest BCUT2D eigenvalue weighted by Gasteiger charge is -2.12. The summed E-state index contributed by atoms with van der Waals surface area (Å²) in [6.45, 7) is 0.831. The molecule has 2 aromatic carbocycles. The Balaban J connectivity index is 1.97. The van der Waals surface area contributed by atoms with Crippen LogP contribution in [0.5, 0.6) is 5.75 Å². The van der Waals surface area contributed by atoms with Crippen molar-refractivity contribution >= 4 is 0 Å². The molecular weight excluding hydrogens is 241 g/mol. The van der Waals surface area contributed by atoms with Crippen LogP contribution in [0.3, 0.4) is 0 Å². The van der Waals surface area contributed by atoms with E-state index in [1.165, 1.54) is 17.7 Å². The van der Waals surface area contributed by atoms with Gasteiger partial charge in [0, 0.05) is 18.5 Å². The molecule has 2 nitrogen and oxygen atoms in total. The van der Waals surface area contributed by atoms with E-state index >= 15 is 0 Å². The van der Waals surface area contributed by atoms with Crippen LogP contribution >= 0.6 is 0 Å². The van der Waals surface area contributed by atoms with E-state index in [0.29, 0.717) is 0 Å². The molecule has 0 amide bonds. The van der Waals surface area contributed by atoms with E-state index < -0.39 is 0 Å². The van der Waals surface area contributed by atoms with Crippen molar-refractivity contribution in [1.82, 2.24) is 5.32 Å². The van der Waals surface area contributed by atoms with Crippen molar-refractivity contribution in [3.8, 4) is 16.9 Å². The van der Waals surface area contributed by atoms with Crippen LogP contribution in [0, 0.1) is 5.82 Å². The smallest absolute Gasteiger partial charge is 0.130 e. The summed E-state index contributed by atoms with van der Waals surface area (Å²) in [6.07, 6.45) is 1.10.